The molecule has 6 heteroatoms. The number of furan rings is 1. The lowest BCUT2D eigenvalue weighted by atomic mass is 9.92. The minimum absolute atomic E-state index is 0.237. The number of urea groups is 1. The number of anilines is 1. The minimum Gasteiger partial charge on any atom is -0.459 e. The molecule has 3 amide bonds. The fraction of sp³-hybridized carbons (Fsp3) is 0.250. The number of benzene rings is 2. The summed E-state index contributed by atoms with van der Waals surface area (Å²) in [6, 6.07) is 18.5. The van der Waals surface area contributed by atoms with Crippen molar-refractivity contribution in [2.45, 2.75) is 39.3 Å². The van der Waals surface area contributed by atoms with Gasteiger partial charge in [0.1, 0.15) is 0 Å². The SMILES string of the molecule is Cc1ccccc1CC(C)(C)NC(=O)NCc1cccc(NC(=O)c2ccco2)c1. The first-order valence-corrected chi connectivity index (χ1v) is 9.87. The quantitative estimate of drug-likeness (QED) is 0.534. The van der Waals surface area contributed by atoms with Crippen LogP contribution in [0.25, 0.3) is 0 Å². The van der Waals surface area contributed by atoms with E-state index in [2.05, 4.69) is 35.0 Å². The third kappa shape index (κ3) is 5.98. The fourth-order valence-corrected chi connectivity index (χ4v) is 3.22. The largest absolute Gasteiger partial charge is 0.459 e. The number of hydrogen-bond donors (Lipinski definition) is 3. The maximum Gasteiger partial charge on any atom is 0.315 e. The van der Waals surface area contributed by atoms with Gasteiger partial charge >= 0.3 is 6.03 Å². The average molecular weight is 405 g/mol. The molecular formula is C24H27N3O3. The van der Waals surface area contributed by atoms with Crippen LogP contribution in [0.3, 0.4) is 0 Å². The normalized spacial score (nSPS) is 11.0. The summed E-state index contributed by atoms with van der Waals surface area (Å²) in [6.45, 7) is 6.42. The van der Waals surface area contributed by atoms with Gasteiger partial charge in [0.05, 0.1) is 6.26 Å². The zero-order chi connectivity index (χ0) is 21.6. The molecule has 0 fully saturated rings. The van der Waals surface area contributed by atoms with Gasteiger partial charge in [-0.2, -0.15) is 0 Å². The van der Waals surface area contributed by atoms with E-state index in [1.54, 1.807) is 18.2 Å². The Bertz CT molecular complexity index is 1010. The zero-order valence-corrected chi connectivity index (χ0v) is 17.5. The number of nitrogens with one attached hydrogen (secondary N) is 3. The van der Waals surface area contributed by atoms with Gasteiger partial charge in [0.25, 0.3) is 5.91 Å². The van der Waals surface area contributed by atoms with Crippen LogP contribution in [-0.4, -0.2) is 17.5 Å². The highest BCUT2D eigenvalue weighted by atomic mass is 16.3. The molecule has 3 aromatic rings. The van der Waals surface area contributed by atoms with Crippen LogP contribution in [0.15, 0.2) is 71.3 Å². The van der Waals surface area contributed by atoms with Crippen LogP contribution in [0.2, 0.25) is 0 Å². The van der Waals surface area contributed by atoms with E-state index in [4.69, 9.17) is 4.42 Å². The van der Waals surface area contributed by atoms with Crippen LogP contribution in [0.1, 0.15) is 41.1 Å². The maximum absolute atomic E-state index is 12.4. The Hall–Kier alpha value is -3.54. The first-order valence-electron chi connectivity index (χ1n) is 9.87. The Morgan fingerprint density at radius 3 is 2.53 bits per heavy atom. The van der Waals surface area contributed by atoms with E-state index in [0.29, 0.717) is 12.2 Å². The van der Waals surface area contributed by atoms with Crippen LogP contribution >= 0.6 is 0 Å². The average Bonchev–Trinajstić information content (AvgIpc) is 3.23. The van der Waals surface area contributed by atoms with E-state index in [1.165, 1.54) is 17.4 Å². The van der Waals surface area contributed by atoms with Crippen molar-refractivity contribution in [1.82, 2.24) is 10.6 Å². The van der Waals surface area contributed by atoms with Crippen LogP contribution < -0.4 is 16.0 Å². The first kappa shape index (κ1) is 21.2. The van der Waals surface area contributed by atoms with E-state index >= 15 is 0 Å². The molecular weight excluding hydrogens is 378 g/mol. The second-order valence-electron chi connectivity index (χ2n) is 7.93. The number of hydrogen-bond acceptors (Lipinski definition) is 3. The molecule has 0 unspecified atom stereocenters. The molecule has 2 aromatic carbocycles. The van der Waals surface area contributed by atoms with E-state index in [1.807, 2.05) is 44.2 Å². The molecule has 0 spiro atoms. The van der Waals surface area contributed by atoms with E-state index in [-0.39, 0.29) is 17.7 Å². The molecule has 6 nitrogen and oxygen atoms in total. The Morgan fingerprint density at radius 2 is 1.80 bits per heavy atom. The third-order valence-electron chi connectivity index (χ3n) is 4.73. The molecule has 1 aromatic heterocycles. The lowest BCUT2D eigenvalue weighted by Crippen LogP contribution is -2.49. The van der Waals surface area contributed by atoms with Crippen LogP contribution in [0.5, 0.6) is 0 Å². The van der Waals surface area contributed by atoms with Crippen LogP contribution in [0, 0.1) is 6.92 Å². The Balaban J connectivity index is 1.53. The predicted octanol–water partition coefficient (Wildman–Crippen LogP) is 4.66. The Morgan fingerprint density at radius 1 is 1.00 bits per heavy atom. The van der Waals surface area contributed by atoms with Crippen LogP contribution in [-0.2, 0) is 13.0 Å². The summed E-state index contributed by atoms with van der Waals surface area (Å²) in [6.07, 6.45) is 2.19. The molecule has 0 aliphatic carbocycles. The summed E-state index contributed by atoms with van der Waals surface area (Å²) in [5, 5.41) is 8.70. The molecule has 30 heavy (non-hydrogen) atoms. The topological polar surface area (TPSA) is 83.4 Å². The standard InChI is InChI=1S/C24H27N3O3/c1-17-8-4-5-10-19(17)15-24(2,3)27-23(29)25-16-18-9-6-11-20(14-18)26-22(28)21-12-7-13-30-21/h4-14H,15-16H2,1-3H3,(H,26,28)(H2,25,27,29). The van der Waals surface area contributed by atoms with Crippen molar-refractivity contribution in [3.63, 3.8) is 0 Å². The van der Waals surface area contributed by atoms with Crippen molar-refractivity contribution < 1.29 is 14.0 Å². The third-order valence-corrected chi connectivity index (χ3v) is 4.73. The summed E-state index contributed by atoms with van der Waals surface area (Å²) in [5.41, 5.74) is 3.54. The molecule has 156 valence electrons. The van der Waals surface area contributed by atoms with Crippen molar-refractivity contribution in [2.24, 2.45) is 0 Å². The van der Waals surface area contributed by atoms with Crippen molar-refractivity contribution in [1.29, 1.82) is 0 Å². The van der Waals surface area contributed by atoms with Crippen LogP contribution in [0.4, 0.5) is 10.5 Å². The maximum atomic E-state index is 12.4. The molecule has 0 aliphatic rings. The molecule has 0 saturated carbocycles. The van der Waals surface area contributed by atoms with Gasteiger partial charge in [-0.15, -0.1) is 0 Å². The minimum atomic E-state index is -0.394. The second-order valence-corrected chi connectivity index (χ2v) is 7.93. The van der Waals surface area contributed by atoms with Gasteiger partial charge in [0.15, 0.2) is 5.76 Å². The summed E-state index contributed by atoms with van der Waals surface area (Å²) in [5.74, 6) is -0.0744. The molecule has 3 rings (SSSR count). The highest BCUT2D eigenvalue weighted by molar-refractivity contribution is 6.02. The van der Waals surface area contributed by atoms with Gasteiger partial charge in [0, 0.05) is 17.8 Å². The molecule has 0 aliphatic heterocycles. The van der Waals surface area contributed by atoms with E-state index in [9.17, 15) is 9.59 Å². The molecule has 1 heterocycles. The van der Waals surface area contributed by atoms with Crippen molar-refractivity contribution in [2.75, 3.05) is 5.32 Å². The lowest BCUT2D eigenvalue weighted by molar-refractivity contribution is 0.0996. The highest BCUT2D eigenvalue weighted by Gasteiger charge is 2.21. The molecule has 3 N–H and O–H groups in total. The summed E-state index contributed by atoms with van der Waals surface area (Å²) in [4.78, 5) is 24.5. The summed E-state index contributed by atoms with van der Waals surface area (Å²) >= 11 is 0. The Labute approximate surface area is 176 Å². The summed E-state index contributed by atoms with van der Waals surface area (Å²) < 4.78 is 5.10. The highest BCUT2D eigenvalue weighted by Crippen LogP contribution is 2.16. The van der Waals surface area contributed by atoms with Gasteiger partial charge < -0.3 is 20.4 Å². The van der Waals surface area contributed by atoms with Gasteiger partial charge in [-0.1, -0.05) is 36.4 Å². The number of rotatable bonds is 7. The van der Waals surface area contributed by atoms with Crippen molar-refractivity contribution in [3.05, 3.63) is 89.4 Å². The Kier molecular flexibility index (Phi) is 6.57. The van der Waals surface area contributed by atoms with Gasteiger partial charge in [-0.25, -0.2) is 4.79 Å². The number of amides is 3. The number of carbonyl (C=O) groups is 2. The molecule has 0 saturated heterocycles. The van der Waals surface area contributed by atoms with Gasteiger partial charge in [0.2, 0.25) is 0 Å². The smallest absolute Gasteiger partial charge is 0.315 e. The molecule has 0 bridgehead atoms. The zero-order valence-electron chi connectivity index (χ0n) is 17.5. The van der Waals surface area contributed by atoms with Gasteiger partial charge in [-0.05, 0) is 68.1 Å². The molecule has 0 atom stereocenters. The lowest BCUT2D eigenvalue weighted by Gasteiger charge is -2.27. The molecule has 0 radical (unpaired) electrons. The van der Waals surface area contributed by atoms with E-state index < -0.39 is 5.54 Å². The van der Waals surface area contributed by atoms with Gasteiger partial charge in [-0.3, -0.25) is 4.79 Å². The van der Waals surface area contributed by atoms with Crippen molar-refractivity contribution in [3.8, 4) is 0 Å². The fourth-order valence-electron chi connectivity index (χ4n) is 3.22. The van der Waals surface area contributed by atoms with E-state index in [0.717, 1.165) is 12.0 Å². The second kappa shape index (κ2) is 9.31. The summed E-state index contributed by atoms with van der Waals surface area (Å²) in [7, 11) is 0. The predicted molar refractivity (Wildman–Crippen MR) is 117 cm³/mol. The monoisotopic (exact) mass is 405 g/mol. The number of carbonyl (C=O) groups excluding carboxylic acids is 2. The van der Waals surface area contributed by atoms with Crippen molar-refractivity contribution >= 4 is 17.6 Å². The number of aryl methyl sites for hydroxylation is 1. The first-order chi connectivity index (χ1) is 14.3.